The fraction of sp³-hybridized carbons (Fsp3) is 0.571. The van der Waals surface area contributed by atoms with Gasteiger partial charge in [0.05, 0.1) is 6.04 Å². The Morgan fingerprint density at radius 3 is 2.92 bits per heavy atom. The summed E-state index contributed by atoms with van der Waals surface area (Å²) in [6.07, 6.45) is 3.29. The molecule has 2 unspecified atom stereocenters. The van der Waals surface area contributed by atoms with Crippen molar-refractivity contribution in [2.24, 2.45) is 5.73 Å². The summed E-state index contributed by atoms with van der Waals surface area (Å²) in [6, 6.07) is -0.896. The summed E-state index contributed by atoms with van der Waals surface area (Å²) in [6.45, 7) is 1.84. The van der Waals surface area contributed by atoms with Crippen LogP contribution < -0.4 is 5.73 Å². The van der Waals surface area contributed by atoms with Crippen LogP contribution in [0.3, 0.4) is 0 Å². The lowest BCUT2D eigenvalue weighted by Crippen LogP contribution is -2.32. The number of hydrogen-bond acceptors (Lipinski definition) is 4. The second-order valence-corrected chi connectivity index (χ2v) is 2.90. The number of nitrogens with zero attached hydrogens (tertiary/aromatic N) is 3. The highest BCUT2D eigenvalue weighted by Crippen LogP contribution is 2.09. The minimum atomic E-state index is -0.994. The van der Waals surface area contributed by atoms with Crippen molar-refractivity contribution in [3.63, 3.8) is 0 Å². The zero-order valence-corrected chi connectivity index (χ0v) is 7.29. The maximum absolute atomic E-state index is 10.4. The molecule has 0 aromatic carbocycles. The lowest BCUT2D eigenvalue weighted by Gasteiger charge is -2.13. The molecule has 2 atom stereocenters. The van der Waals surface area contributed by atoms with Crippen LogP contribution in [0.25, 0.3) is 0 Å². The van der Waals surface area contributed by atoms with Gasteiger partial charge in [-0.15, -0.1) is 0 Å². The number of nitrogens with two attached hydrogens (primary N) is 1. The van der Waals surface area contributed by atoms with Gasteiger partial charge in [0.1, 0.15) is 18.7 Å². The number of aliphatic carboxylic acids is 1. The number of carboxylic acids is 1. The number of aromatic nitrogens is 3. The Bertz CT molecular complexity index is 272. The molecule has 6 nitrogen and oxygen atoms in total. The zero-order valence-electron chi connectivity index (χ0n) is 7.29. The van der Waals surface area contributed by atoms with E-state index in [0.717, 1.165) is 0 Å². The maximum atomic E-state index is 10.4. The van der Waals surface area contributed by atoms with Gasteiger partial charge in [0.25, 0.3) is 0 Å². The Labute approximate surface area is 75.4 Å². The second-order valence-electron chi connectivity index (χ2n) is 2.90. The predicted octanol–water partition coefficient (Wildman–Crippen LogP) is -0.359. The molecule has 0 spiro atoms. The van der Waals surface area contributed by atoms with Crippen LogP contribution in [0.4, 0.5) is 0 Å². The van der Waals surface area contributed by atoms with Crippen molar-refractivity contribution in [2.45, 2.75) is 25.4 Å². The molecule has 3 N–H and O–H groups in total. The molecular weight excluding hydrogens is 172 g/mol. The van der Waals surface area contributed by atoms with Crippen molar-refractivity contribution in [1.82, 2.24) is 14.8 Å². The van der Waals surface area contributed by atoms with Crippen molar-refractivity contribution in [1.29, 1.82) is 0 Å². The van der Waals surface area contributed by atoms with Crippen LogP contribution in [0.5, 0.6) is 0 Å². The minimum Gasteiger partial charge on any atom is -0.480 e. The van der Waals surface area contributed by atoms with Crippen LogP contribution in [0.1, 0.15) is 19.4 Å². The van der Waals surface area contributed by atoms with E-state index >= 15 is 0 Å². The van der Waals surface area contributed by atoms with Crippen LogP contribution in [0, 0.1) is 0 Å². The molecule has 0 aliphatic rings. The molecule has 1 aromatic rings. The summed E-state index contributed by atoms with van der Waals surface area (Å²) in [5.41, 5.74) is 5.36. The van der Waals surface area contributed by atoms with E-state index in [0.29, 0.717) is 6.42 Å². The van der Waals surface area contributed by atoms with Gasteiger partial charge >= 0.3 is 5.97 Å². The molecular formula is C7H12N4O2. The largest absolute Gasteiger partial charge is 0.480 e. The van der Waals surface area contributed by atoms with Crippen LogP contribution in [0.15, 0.2) is 12.7 Å². The number of rotatable bonds is 4. The van der Waals surface area contributed by atoms with Gasteiger partial charge < -0.3 is 10.8 Å². The van der Waals surface area contributed by atoms with E-state index < -0.39 is 12.0 Å². The molecule has 72 valence electrons. The third-order valence-corrected chi connectivity index (χ3v) is 1.80. The molecule has 0 radical (unpaired) electrons. The van der Waals surface area contributed by atoms with E-state index in [1.54, 1.807) is 11.0 Å². The molecule has 0 bridgehead atoms. The summed E-state index contributed by atoms with van der Waals surface area (Å²) in [4.78, 5) is 14.2. The van der Waals surface area contributed by atoms with Crippen LogP contribution in [-0.2, 0) is 4.79 Å². The maximum Gasteiger partial charge on any atom is 0.320 e. The first kappa shape index (κ1) is 9.66. The fourth-order valence-electron chi connectivity index (χ4n) is 1.02. The molecule has 1 aromatic heterocycles. The van der Waals surface area contributed by atoms with Gasteiger partial charge in [0, 0.05) is 0 Å². The third kappa shape index (κ3) is 2.51. The summed E-state index contributed by atoms with van der Waals surface area (Å²) in [5.74, 6) is -0.994. The van der Waals surface area contributed by atoms with E-state index in [-0.39, 0.29) is 6.04 Å². The monoisotopic (exact) mass is 184 g/mol. The topological polar surface area (TPSA) is 94.0 Å². The van der Waals surface area contributed by atoms with Gasteiger partial charge in [0.15, 0.2) is 0 Å². The summed E-state index contributed by atoms with van der Waals surface area (Å²) in [5, 5.41) is 12.4. The lowest BCUT2D eigenvalue weighted by atomic mass is 10.1. The summed E-state index contributed by atoms with van der Waals surface area (Å²) >= 11 is 0. The lowest BCUT2D eigenvalue weighted by molar-refractivity contribution is -0.138. The van der Waals surface area contributed by atoms with Crippen molar-refractivity contribution < 1.29 is 9.90 Å². The molecule has 13 heavy (non-hydrogen) atoms. The van der Waals surface area contributed by atoms with Crippen LogP contribution in [0.2, 0.25) is 0 Å². The molecule has 0 amide bonds. The molecule has 0 saturated heterocycles. The van der Waals surface area contributed by atoms with E-state index in [1.165, 1.54) is 6.33 Å². The Kier molecular flexibility index (Phi) is 2.97. The SMILES string of the molecule is CC(CC(N)C(=O)O)n1cncn1. The van der Waals surface area contributed by atoms with E-state index in [9.17, 15) is 4.79 Å². The van der Waals surface area contributed by atoms with Crippen molar-refractivity contribution in [3.8, 4) is 0 Å². The average Bonchev–Trinajstić information content (AvgIpc) is 2.55. The van der Waals surface area contributed by atoms with Crippen molar-refractivity contribution in [3.05, 3.63) is 12.7 Å². The zero-order chi connectivity index (χ0) is 9.84. The smallest absolute Gasteiger partial charge is 0.320 e. The predicted molar refractivity (Wildman–Crippen MR) is 45.0 cm³/mol. The van der Waals surface area contributed by atoms with E-state index in [2.05, 4.69) is 10.1 Å². The number of carboxylic acid groups (broad SMARTS) is 1. The van der Waals surface area contributed by atoms with Gasteiger partial charge in [-0.25, -0.2) is 4.98 Å². The van der Waals surface area contributed by atoms with Gasteiger partial charge in [-0.05, 0) is 13.3 Å². The third-order valence-electron chi connectivity index (χ3n) is 1.80. The summed E-state index contributed by atoms with van der Waals surface area (Å²) < 4.78 is 1.59. The number of hydrogen-bond donors (Lipinski definition) is 2. The Balaban J connectivity index is 2.51. The molecule has 0 saturated carbocycles. The van der Waals surface area contributed by atoms with Gasteiger partial charge in [-0.3, -0.25) is 9.48 Å². The Morgan fingerprint density at radius 1 is 1.77 bits per heavy atom. The number of carbonyl (C=O) groups is 1. The standard InChI is InChI=1S/C7H12N4O2/c1-5(2-6(8)7(12)13)11-4-9-3-10-11/h3-6H,2,8H2,1H3,(H,12,13). The molecule has 0 aliphatic heterocycles. The van der Waals surface area contributed by atoms with Crippen LogP contribution >= 0.6 is 0 Å². The molecule has 1 rings (SSSR count). The van der Waals surface area contributed by atoms with Gasteiger partial charge in [0.2, 0.25) is 0 Å². The van der Waals surface area contributed by atoms with Crippen molar-refractivity contribution >= 4 is 5.97 Å². The highest BCUT2D eigenvalue weighted by atomic mass is 16.4. The average molecular weight is 184 g/mol. The first-order chi connectivity index (χ1) is 6.11. The van der Waals surface area contributed by atoms with E-state index in [1.807, 2.05) is 6.92 Å². The first-order valence-electron chi connectivity index (χ1n) is 3.93. The molecule has 1 heterocycles. The van der Waals surface area contributed by atoms with Gasteiger partial charge in [-0.2, -0.15) is 5.10 Å². The van der Waals surface area contributed by atoms with E-state index in [4.69, 9.17) is 10.8 Å². The Hall–Kier alpha value is -1.43. The summed E-state index contributed by atoms with van der Waals surface area (Å²) in [7, 11) is 0. The molecule has 0 aliphatic carbocycles. The molecule has 0 fully saturated rings. The van der Waals surface area contributed by atoms with Crippen molar-refractivity contribution in [2.75, 3.05) is 0 Å². The first-order valence-corrected chi connectivity index (χ1v) is 3.93. The fourth-order valence-corrected chi connectivity index (χ4v) is 1.02. The van der Waals surface area contributed by atoms with Crippen LogP contribution in [-0.4, -0.2) is 31.9 Å². The molecule has 6 heteroatoms. The highest BCUT2D eigenvalue weighted by Gasteiger charge is 2.16. The quantitative estimate of drug-likeness (QED) is 0.666. The van der Waals surface area contributed by atoms with Gasteiger partial charge in [-0.1, -0.05) is 0 Å². The minimum absolute atomic E-state index is 0.0476. The highest BCUT2D eigenvalue weighted by molar-refractivity contribution is 5.73. The Morgan fingerprint density at radius 2 is 2.46 bits per heavy atom. The second kappa shape index (κ2) is 3.99. The normalized spacial score (nSPS) is 15.2.